The minimum Gasteiger partial charge on any atom is -0.447 e. The van der Waals surface area contributed by atoms with Gasteiger partial charge in [0.25, 0.3) is 0 Å². The molecule has 1 saturated heterocycles. The highest BCUT2D eigenvalue weighted by Crippen LogP contribution is 2.22. The van der Waals surface area contributed by atoms with E-state index in [1.54, 1.807) is 0 Å². The molecule has 0 radical (unpaired) electrons. The summed E-state index contributed by atoms with van der Waals surface area (Å²) < 4.78 is 10.5. The number of alkyl carbamates (subject to hydrolysis) is 1. The summed E-state index contributed by atoms with van der Waals surface area (Å²) in [4.78, 5) is 39.2. The van der Waals surface area contributed by atoms with Crippen LogP contribution in [0.15, 0.2) is 60.7 Å². The minimum absolute atomic E-state index is 0.109. The Kier molecular flexibility index (Phi) is 9.30. The van der Waals surface area contributed by atoms with Crippen LogP contribution < -0.4 is 5.32 Å². The Balaban J connectivity index is 1.60. The molecule has 1 N–H and O–H groups in total. The summed E-state index contributed by atoms with van der Waals surface area (Å²) in [5, 5.41) is 2.70. The van der Waals surface area contributed by atoms with Crippen LogP contribution in [0.2, 0.25) is 0 Å². The first-order valence-electron chi connectivity index (χ1n) is 11.6. The van der Waals surface area contributed by atoms with Gasteiger partial charge in [-0.2, -0.15) is 0 Å². The van der Waals surface area contributed by atoms with Gasteiger partial charge in [0.2, 0.25) is 5.91 Å². The van der Waals surface area contributed by atoms with E-state index in [0.717, 1.165) is 30.4 Å². The molecule has 7 nitrogen and oxygen atoms in total. The van der Waals surface area contributed by atoms with Gasteiger partial charge in [-0.25, -0.2) is 14.5 Å². The Morgan fingerprint density at radius 2 is 1.73 bits per heavy atom. The van der Waals surface area contributed by atoms with Gasteiger partial charge in [0.1, 0.15) is 13.2 Å². The highest BCUT2D eigenvalue weighted by Gasteiger charge is 2.40. The Hall–Kier alpha value is -3.35. The van der Waals surface area contributed by atoms with Crippen molar-refractivity contribution in [3.05, 3.63) is 71.8 Å². The quantitative estimate of drug-likeness (QED) is 0.500. The fourth-order valence-electron chi connectivity index (χ4n) is 3.90. The van der Waals surface area contributed by atoms with Crippen molar-refractivity contribution >= 4 is 18.1 Å². The second-order valence-corrected chi connectivity index (χ2v) is 8.26. The van der Waals surface area contributed by atoms with E-state index in [9.17, 15) is 14.4 Å². The van der Waals surface area contributed by atoms with E-state index in [1.165, 1.54) is 4.90 Å². The highest BCUT2D eigenvalue weighted by atomic mass is 16.6. The molecule has 0 aliphatic carbocycles. The van der Waals surface area contributed by atoms with Gasteiger partial charge in [-0.3, -0.25) is 4.79 Å². The number of ether oxygens (including phenoxy) is 2. The number of cyclic esters (lactones) is 1. The summed E-state index contributed by atoms with van der Waals surface area (Å²) in [6, 6.07) is 18.7. The van der Waals surface area contributed by atoms with E-state index in [1.807, 2.05) is 60.7 Å². The van der Waals surface area contributed by atoms with Gasteiger partial charge in [0, 0.05) is 6.54 Å². The predicted molar refractivity (Wildman–Crippen MR) is 124 cm³/mol. The maximum Gasteiger partial charge on any atom is 0.416 e. The number of unbranched alkanes of at least 4 members (excludes halogenated alkanes) is 2. The molecule has 3 amide bonds. The third-order valence-corrected chi connectivity index (χ3v) is 5.72. The van der Waals surface area contributed by atoms with Gasteiger partial charge in [0.05, 0.1) is 12.0 Å². The monoisotopic (exact) mass is 452 g/mol. The predicted octanol–water partition coefficient (Wildman–Crippen LogP) is 4.70. The molecule has 2 aromatic carbocycles. The molecule has 1 aliphatic rings. The van der Waals surface area contributed by atoms with Crippen LogP contribution in [0.25, 0.3) is 0 Å². The molecule has 7 heteroatoms. The summed E-state index contributed by atoms with van der Waals surface area (Å²) in [5.41, 5.74) is 1.91. The third-order valence-electron chi connectivity index (χ3n) is 5.72. The van der Waals surface area contributed by atoms with Crippen molar-refractivity contribution in [2.75, 3.05) is 13.2 Å². The molecule has 2 aromatic rings. The van der Waals surface area contributed by atoms with Crippen LogP contribution in [-0.2, 0) is 27.3 Å². The normalized spacial score (nSPS) is 16.2. The maximum atomic E-state index is 13.4. The number of carbonyl (C=O) groups is 3. The number of nitrogens with one attached hydrogen (secondary N) is 1. The Morgan fingerprint density at radius 3 is 2.39 bits per heavy atom. The average Bonchev–Trinajstić information content (AvgIpc) is 3.20. The average molecular weight is 453 g/mol. The molecule has 0 aromatic heterocycles. The first-order valence-corrected chi connectivity index (χ1v) is 11.6. The summed E-state index contributed by atoms with van der Waals surface area (Å²) in [6.07, 6.45) is 2.72. The standard InChI is InChI=1S/C26H32N2O5/c1-2-3-6-15-22(17-27-25(30)32-18-21-13-9-5-10-14-21)24(29)28-23(19-33-26(28)31)16-20-11-7-4-8-12-20/h4-5,7-14,22-23H,2-3,6,15-19H2,1H3,(H,27,30)/t22-,23+/m0/s1. The maximum absolute atomic E-state index is 13.4. The Morgan fingerprint density at radius 1 is 1.06 bits per heavy atom. The van der Waals surface area contributed by atoms with Crippen LogP contribution in [-0.4, -0.2) is 42.2 Å². The lowest BCUT2D eigenvalue weighted by atomic mass is 9.98. The van der Waals surface area contributed by atoms with Crippen LogP contribution in [0.4, 0.5) is 9.59 Å². The SMILES string of the molecule is CCCCC[C@@H](CNC(=O)OCc1ccccc1)C(=O)N1C(=O)OC[C@H]1Cc1ccccc1. The minimum atomic E-state index is -0.618. The lowest BCUT2D eigenvalue weighted by molar-refractivity contribution is -0.133. The van der Waals surface area contributed by atoms with Crippen molar-refractivity contribution in [3.8, 4) is 0 Å². The van der Waals surface area contributed by atoms with E-state index in [-0.39, 0.29) is 31.7 Å². The van der Waals surface area contributed by atoms with E-state index < -0.39 is 18.1 Å². The molecule has 1 aliphatic heterocycles. The van der Waals surface area contributed by atoms with Crippen LogP contribution >= 0.6 is 0 Å². The Labute approximate surface area is 195 Å². The zero-order valence-electron chi connectivity index (χ0n) is 19.1. The summed E-state index contributed by atoms with van der Waals surface area (Å²) in [6.45, 7) is 2.52. The number of imide groups is 1. The van der Waals surface area contributed by atoms with Crippen LogP contribution in [0.1, 0.15) is 43.7 Å². The van der Waals surface area contributed by atoms with Crippen molar-refractivity contribution < 1.29 is 23.9 Å². The fourth-order valence-corrected chi connectivity index (χ4v) is 3.90. The third kappa shape index (κ3) is 7.34. The number of hydrogen-bond acceptors (Lipinski definition) is 5. The van der Waals surface area contributed by atoms with Crippen LogP contribution in [0, 0.1) is 5.92 Å². The molecule has 3 rings (SSSR count). The van der Waals surface area contributed by atoms with Crippen molar-refractivity contribution in [1.82, 2.24) is 10.2 Å². The van der Waals surface area contributed by atoms with Crippen molar-refractivity contribution in [3.63, 3.8) is 0 Å². The molecule has 0 spiro atoms. The van der Waals surface area contributed by atoms with Gasteiger partial charge in [-0.15, -0.1) is 0 Å². The van der Waals surface area contributed by atoms with Gasteiger partial charge < -0.3 is 14.8 Å². The van der Waals surface area contributed by atoms with Crippen LogP contribution in [0.5, 0.6) is 0 Å². The van der Waals surface area contributed by atoms with E-state index in [4.69, 9.17) is 9.47 Å². The van der Waals surface area contributed by atoms with Crippen molar-refractivity contribution in [2.24, 2.45) is 5.92 Å². The van der Waals surface area contributed by atoms with Gasteiger partial charge in [0.15, 0.2) is 0 Å². The second-order valence-electron chi connectivity index (χ2n) is 8.26. The smallest absolute Gasteiger partial charge is 0.416 e. The molecule has 0 saturated carbocycles. The molecular weight excluding hydrogens is 420 g/mol. The van der Waals surface area contributed by atoms with Gasteiger partial charge in [-0.05, 0) is 24.0 Å². The largest absolute Gasteiger partial charge is 0.447 e. The van der Waals surface area contributed by atoms with Crippen molar-refractivity contribution in [2.45, 2.75) is 51.7 Å². The number of nitrogens with zero attached hydrogens (tertiary/aromatic N) is 1. The van der Waals surface area contributed by atoms with Crippen molar-refractivity contribution in [1.29, 1.82) is 0 Å². The van der Waals surface area contributed by atoms with E-state index >= 15 is 0 Å². The number of rotatable bonds is 11. The zero-order valence-corrected chi connectivity index (χ0v) is 19.1. The molecule has 2 atom stereocenters. The molecule has 176 valence electrons. The first-order chi connectivity index (χ1) is 16.1. The first kappa shape index (κ1) is 24.3. The lowest BCUT2D eigenvalue weighted by Crippen LogP contribution is -2.46. The van der Waals surface area contributed by atoms with Crippen LogP contribution in [0.3, 0.4) is 0 Å². The number of carbonyl (C=O) groups excluding carboxylic acids is 3. The summed E-state index contributed by atoms with van der Waals surface area (Å²) >= 11 is 0. The zero-order chi connectivity index (χ0) is 23.5. The molecule has 33 heavy (non-hydrogen) atoms. The van der Waals surface area contributed by atoms with Gasteiger partial charge >= 0.3 is 12.2 Å². The molecule has 0 unspecified atom stereocenters. The van der Waals surface area contributed by atoms with E-state index in [0.29, 0.717) is 12.8 Å². The Bertz CT molecular complexity index is 903. The molecular formula is C26H32N2O5. The lowest BCUT2D eigenvalue weighted by Gasteiger charge is -2.25. The summed E-state index contributed by atoms with van der Waals surface area (Å²) in [5.74, 6) is -0.831. The molecule has 0 bridgehead atoms. The summed E-state index contributed by atoms with van der Waals surface area (Å²) in [7, 11) is 0. The molecule has 1 fully saturated rings. The van der Waals surface area contributed by atoms with E-state index in [2.05, 4.69) is 12.2 Å². The number of benzene rings is 2. The fraction of sp³-hybridized carbons (Fsp3) is 0.423. The molecule has 1 heterocycles. The van der Waals surface area contributed by atoms with Gasteiger partial charge in [-0.1, -0.05) is 86.8 Å². The second kappa shape index (κ2) is 12.6. The number of amides is 3. The highest BCUT2D eigenvalue weighted by molar-refractivity contribution is 5.95. The topological polar surface area (TPSA) is 84.9 Å². The number of hydrogen-bond donors (Lipinski definition) is 1.